The van der Waals surface area contributed by atoms with Crippen molar-refractivity contribution in [2.45, 2.75) is 32.1 Å². The molecule has 0 spiro atoms. The number of aryl methyl sites for hydroxylation is 2. The van der Waals surface area contributed by atoms with Crippen molar-refractivity contribution < 1.29 is 13.9 Å². The van der Waals surface area contributed by atoms with Crippen LogP contribution in [0.2, 0.25) is 0 Å². The second-order valence-corrected chi connectivity index (χ2v) is 6.88. The van der Waals surface area contributed by atoms with Crippen LogP contribution < -0.4 is 10.1 Å². The van der Waals surface area contributed by atoms with Gasteiger partial charge in [-0.1, -0.05) is 43.0 Å². The third-order valence-corrected chi connectivity index (χ3v) is 4.59. The number of rotatable bonds is 8. The number of carbonyl (C=O) groups is 1. The summed E-state index contributed by atoms with van der Waals surface area (Å²) in [5, 5.41) is 11.1. The summed E-state index contributed by atoms with van der Waals surface area (Å²) in [5.74, 6) is 1.18. The largest absolute Gasteiger partial charge is 0.484 e. The number of anilines is 1. The monoisotopic (exact) mass is 383 g/mol. The molecule has 1 heterocycles. The van der Waals surface area contributed by atoms with Gasteiger partial charge in [-0.3, -0.25) is 4.79 Å². The van der Waals surface area contributed by atoms with E-state index >= 15 is 0 Å². The predicted molar refractivity (Wildman–Crippen MR) is 105 cm³/mol. The second-order valence-electron chi connectivity index (χ2n) is 5.95. The molecule has 1 N–H and O–H groups in total. The maximum atomic E-state index is 12.0. The Morgan fingerprint density at radius 1 is 1.19 bits per heavy atom. The highest BCUT2D eigenvalue weighted by atomic mass is 32.2. The van der Waals surface area contributed by atoms with Crippen LogP contribution >= 0.6 is 11.8 Å². The smallest absolute Gasteiger partial charge is 0.277 e. The molecule has 0 aliphatic heterocycles. The van der Waals surface area contributed by atoms with Gasteiger partial charge in [-0.2, -0.15) is 0 Å². The Labute approximate surface area is 162 Å². The third kappa shape index (κ3) is 5.86. The maximum absolute atomic E-state index is 12.0. The first kappa shape index (κ1) is 19.0. The molecule has 0 bridgehead atoms. The van der Waals surface area contributed by atoms with E-state index in [1.165, 1.54) is 17.3 Å². The van der Waals surface area contributed by atoms with Crippen LogP contribution in [0.15, 0.2) is 58.2 Å². The molecule has 6 nitrogen and oxygen atoms in total. The minimum absolute atomic E-state index is 0.127. The fourth-order valence-corrected chi connectivity index (χ4v) is 2.95. The molecular formula is C20H21N3O3S. The van der Waals surface area contributed by atoms with Gasteiger partial charge in [0.25, 0.3) is 11.1 Å². The molecule has 0 saturated heterocycles. The molecule has 3 rings (SSSR count). The molecule has 0 unspecified atom stereocenters. The van der Waals surface area contributed by atoms with Crippen molar-refractivity contribution in [3.8, 4) is 5.75 Å². The topological polar surface area (TPSA) is 77.2 Å². The number of nitrogens with zero attached hydrogens (tertiary/aromatic N) is 2. The zero-order valence-electron chi connectivity index (χ0n) is 15.3. The Hall–Kier alpha value is -2.80. The highest BCUT2D eigenvalue weighted by Gasteiger charge is 2.10. The normalized spacial score (nSPS) is 10.6. The van der Waals surface area contributed by atoms with E-state index in [-0.39, 0.29) is 18.3 Å². The number of amides is 1. The molecule has 1 aromatic heterocycles. The van der Waals surface area contributed by atoms with Crippen LogP contribution in [0.25, 0.3) is 0 Å². The van der Waals surface area contributed by atoms with E-state index in [0.29, 0.717) is 11.1 Å². The van der Waals surface area contributed by atoms with E-state index in [1.807, 2.05) is 55.5 Å². The highest BCUT2D eigenvalue weighted by molar-refractivity contribution is 7.99. The van der Waals surface area contributed by atoms with E-state index in [9.17, 15) is 4.79 Å². The molecule has 0 aliphatic carbocycles. The van der Waals surface area contributed by atoms with Crippen LogP contribution in [0.1, 0.15) is 23.9 Å². The van der Waals surface area contributed by atoms with Crippen LogP contribution in [-0.4, -0.2) is 21.9 Å². The van der Waals surface area contributed by atoms with Gasteiger partial charge in [0.05, 0.1) is 5.75 Å². The van der Waals surface area contributed by atoms with Gasteiger partial charge >= 0.3 is 0 Å². The Bertz CT molecular complexity index is 893. The lowest BCUT2D eigenvalue weighted by Crippen LogP contribution is -2.13. The molecule has 1 amide bonds. The first-order valence-electron chi connectivity index (χ1n) is 8.66. The number of carbonyl (C=O) groups excluding carboxylic acids is 1. The summed E-state index contributed by atoms with van der Waals surface area (Å²) in [4.78, 5) is 12.0. The molecule has 0 fully saturated rings. The number of hydrogen-bond donors (Lipinski definition) is 1. The summed E-state index contributed by atoms with van der Waals surface area (Å²) in [7, 11) is 0. The average Bonchev–Trinajstić information content (AvgIpc) is 3.13. The van der Waals surface area contributed by atoms with Gasteiger partial charge in [-0.15, -0.1) is 10.2 Å². The molecule has 0 aliphatic rings. The molecular weight excluding hydrogens is 362 g/mol. The van der Waals surface area contributed by atoms with Crippen molar-refractivity contribution in [1.29, 1.82) is 0 Å². The Morgan fingerprint density at radius 2 is 2.00 bits per heavy atom. The predicted octanol–water partition coefficient (Wildman–Crippen LogP) is 4.25. The number of thioether (sulfide) groups is 1. The van der Waals surface area contributed by atoms with Gasteiger partial charge < -0.3 is 14.5 Å². The van der Waals surface area contributed by atoms with Gasteiger partial charge in [-0.25, -0.2) is 0 Å². The summed E-state index contributed by atoms with van der Waals surface area (Å²) >= 11 is 1.19. The summed E-state index contributed by atoms with van der Waals surface area (Å²) in [6.07, 6.45) is 0.988. The minimum Gasteiger partial charge on any atom is -0.484 e. The van der Waals surface area contributed by atoms with Crippen LogP contribution in [0, 0.1) is 6.92 Å². The SMILES string of the molecule is CCc1ccc(OCc2nnc(SCC(=O)Nc3cccc(C)c3)o2)cc1. The molecule has 140 valence electrons. The number of ether oxygens (including phenoxy) is 1. The second kappa shape index (κ2) is 9.23. The van der Waals surface area contributed by atoms with Gasteiger partial charge in [0, 0.05) is 5.69 Å². The lowest BCUT2D eigenvalue weighted by atomic mass is 10.2. The van der Waals surface area contributed by atoms with Gasteiger partial charge in [0.2, 0.25) is 5.91 Å². The average molecular weight is 383 g/mol. The van der Waals surface area contributed by atoms with Crippen LogP contribution in [0.5, 0.6) is 5.75 Å². The fourth-order valence-electron chi connectivity index (χ4n) is 2.37. The quantitative estimate of drug-likeness (QED) is 0.586. The Balaban J connectivity index is 1.45. The molecule has 27 heavy (non-hydrogen) atoms. The Kier molecular flexibility index (Phi) is 6.49. The van der Waals surface area contributed by atoms with E-state index < -0.39 is 0 Å². The van der Waals surface area contributed by atoms with Crippen molar-refractivity contribution in [3.63, 3.8) is 0 Å². The highest BCUT2D eigenvalue weighted by Crippen LogP contribution is 2.19. The van der Waals surface area contributed by atoms with Crippen molar-refractivity contribution in [1.82, 2.24) is 10.2 Å². The summed E-state index contributed by atoms with van der Waals surface area (Å²) in [6, 6.07) is 15.5. The molecule has 2 aromatic carbocycles. The number of hydrogen-bond acceptors (Lipinski definition) is 6. The van der Waals surface area contributed by atoms with Gasteiger partial charge in [-0.05, 0) is 48.7 Å². The zero-order chi connectivity index (χ0) is 19.1. The standard InChI is InChI=1S/C20H21N3O3S/c1-3-15-7-9-17(10-8-15)25-12-19-22-23-20(26-19)27-13-18(24)21-16-6-4-5-14(2)11-16/h4-11H,3,12-13H2,1-2H3,(H,21,24). The van der Waals surface area contributed by atoms with E-state index in [2.05, 4.69) is 22.4 Å². The lowest BCUT2D eigenvalue weighted by molar-refractivity contribution is -0.113. The van der Waals surface area contributed by atoms with Crippen LogP contribution in [-0.2, 0) is 17.8 Å². The zero-order valence-corrected chi connectivity index (χ0v) is 16.1. The van der Waals surface area contributed by atoms with E-state index in [1.54, 1.807) is 0 Å². The summed E-state index contributed by atoms with van der Waals surface area (Å²) < 4.78 is 11.1. The fraction of sp³-hybridized carbons (Fsp3) is 0.250. The number of nitrogens with one attached hydrogen (secondary N) is 1. The van der Waals surface area contributed by atoms with Crippen LogP contribution in [0.4, 0.5) is 5.69 Å². The van der Waals surface area contributed by atoms with E-state index in [4.69, 9.17) is 9.15 Å². The van der Waals surface area contributed by atoms with Gasteiger partial charge in [0.1, 0.15) is 5.75 Å². The third-order valence-electron chi connectivity index (χ3n) is 3.77. The van der Waals surface area contributed by atoms with Crippen molar-refractivity contribution >= 4 is 23.4 Å². The lowest BCUT2D eigenvalue weighted by Gasteiger charge is -2.04. The molecule has 7 heteroatoms. The van der Waals surface area contributed by atoms with Crippen molar-refractivity contribution in [3.05, 3.63) is 65.5 Å². The minimum atomic E-state index is -0.127. The summed E-state index contributed by atoms with van der Waals surface area (Å²) in [5.41, 5.74) is 3.11. The van der Waals surface area contributed by atoms with Crippen molar-refractivity contribution in [2.24, 2.45) is 0 Å². The van der Waals surface area contributed by atoms with Crippen LogP contribution in [0.3, 0.4) is 0 Å². The number of benzene rings is 2. The maximum Gasteiger partial charge on any atom is 0.277 e. The molecule has 3 aromatic rings. The number of aromatic nitrogens is 2. The first-order valence-corrected chi connectivity index (χ1v) is 9.64. The van der Waals surface area contributed by atoms with Crippen molar-refractivity contribution in [2.75, 3.05) is 11.1 Å². The molecule has 0 atom stereocenters. The Morgan fingerprint density at radius 3 is 2.74 bits per heavy atom. The van der Waals surface area contributed by atoms with Gasteiger partial charge in [0.15, 0.2) is 6.61 Å². The first-order chi connectivity index (χ1) is 13.1. The summed E-state index contributed by atoms with van der Waals surface area (Å²) in [6.45, 7) is 4.27. The molecule has 0 radical (unpaired) electrons. The molecule has 0 saturated carbocycles. The van der Waals surface area contributed by atoms with E-state index in [0.717, 1.165) is 23.4 Å².